The lowest BCUT2D eigenvalue weighted by atomic mass is 9.84. The molecule has 4 nitrogen and oxygen atoms in total. The Bertz CT molecular complexity index is 362. The minimum absolute atomic E-state index is 0.0751. The van der Waals surface area contributed by atoms with E-state index in [1.54, 1.807) is 6.92 Å². The van der Waals surface area contributed by atoms with Gasteiger partial charge in [-0.2, -0.15) is 8.42 Å². The number of rotatable bonds is 9. The lowest BCUT2D eigenvalue weighted by Gasteiger charge is -2.36. The first-order chi connectivity index (χ1) is 9.37. The van der Waals surface area contributed by atoms with Crippen molar-refractivity contribution in [3.8, 4) is 0 Å². The first-order valence-electron chi connectivity index (χ1n) is 8.01. The van der Waals surface area contributed by atoms with Crippen molar-refractivity contribution >= 4 is 10.1 Å². The molecule has 1 N–H and O–H groups in total. The van der Waals surface area contributed by atoms with Gasteiger partial charge in [-0.3, -0.25) is 4.18 Å². The standard InChI is InChI=1S/C15H30O4S/c1-3-4-5-6-7-10-13-20(17,18)19-14-11-8-9-12-15(14,2)16/h14,16H,3-13H2,1-2H3. The lowest BCUT2D eigenvalue weighted by molar-refractivity contribution is -0.0712. The molecule has 0 aromatic carbocycles. The van der Waals surface area contributed by atoms with Crippen molar-refractivity contribution in [2.24, 2.45) is 0 Å². The fraction of sp³-hybridized carbons (Fsp3) is 1.00. The highest BCUT2D eigenvalue weighted by Gasteiger charge is 2.38. The van der Waals surface area contributed by atoms with Gasteiger partial charge >= 0.3 is 0 Å². The molecule has 0 saturated heterocycles. The molecule has 20 heavy (non-hydrogen) atoms. The van der Waals surface area contributed by atoms with E-state index in [1.807, 2.05) is 0 Å². The minimum atomic E-state index is -3.50. The number of aliphatic hydroxyl groups is 1. The van der Waals surface area contributed by atoms with Crippen LogP contribution in [0.5, 0.6) is 0 Å². The highest BCUT2D eigenvalue weighted by atomic mass is 32.2. The van der Waals surface area contributed by atoms with Gasteiger partial charge in [-0.05, 0) is 26.2 Å². The van der Waals surface area contributed by atoms with Crippen molar-refractivity contribution < 1.29 is 17.7 Å². The highest BCUT2D eigenvalue weighted by Crippen LogP contribution is 2.31. The van der Waals surface area contributed by atoms with Gasteiger partial charge in [0.2, 0.25) is 0 Å². The second-order valence-electron chi connectivity index (χ2n) is 6.22. The fourth-order valence-electron chi connectivity index (χ4n) is 2.72. The van der Waals surface area contributed by atoms with E-state index < -0.39 is 21.8 Å². The molecule has 120 valence electrons. The molecule has 0 aromatic heterocycles. The predicted octanol–water partition coefficient (Wildman–Crippen LogP) is 3.39. The van der Waals surface area contributed by atoms with Crippen molar-refractivity contribution in [3.63, 3.8) is 0 Å². The molecule has 0 amide bonds. The van der Waals surface area contributed by atoms with Crippen molar-refractivity contribution in [2.75, 3.05) is 5.75 Å². The van der Waals surface area contributed by atoms with Crippen LogP contribution in [0, 0.1) is 0 Å². The molecule has 0 spiro atoms. The summed E-state index contributed by atoms with van der Waals surface area (Å²) in [5.41, 5.74) is -1.01. The van der Waals surface area contributed by atoms with Gasteiger partial charge in [0.05, 0.1) is 11.4 Å². The van der Waals surface area contributed by atoms with Gasteiger partial charge in [0.15, 0.2) is 0 Å². The van der Waals surface area contributed by atoms with Crippen LogP contribution in [-0.4, -0.2) is 31.0 Å². The molecule has 0 aliphatic heterocycles. The van der Waals surface area contributed by atoms with Crippen molar-refractivity contribution in [1.29, 1.82) is 0 Å². The van der Waals surface area contributed by atoms with Crippen LogP contribution in [0.3, 0.4) is 0 Å². The molecule has 0 heterocycles. The molecule has 2 atom stereocenters. The van der Waals surface area contributed by atoms with E-state index in [2.05, 4.69) is 6.92 Å². The molecule has 1 saturated carbocycles. The largest absolute Gasteiger partial charge is 0.387 e. The van der Waals surface area contributed by atoms with Gasteiger partial charge in [0, 0.05) is 0 Å². The lowest BCUT2D eigenvalue weighted by Crippen LogP contribution is -2.45. The van der Waals surface area contributed by atoms with Gasteiger partial charge in [0.25, 0.3) is 10.1 Å². The zero-order chi connectivity index (χ0) is 15.1. The Balaban J connectivity index is 2.30. The normalized spacial score (nSPS) is 27.6. The minimum Gasteiger partial charge on any atom is -0.387 e. The average molecular weight is 306 g/mol. The van der Waals surface area contributed by atoms with Crippen LogP contribution < -0.4 is 0 Å². The molecule has 5 heteroatoms. The number of hydrogen-bond donors (Lipinski definition) is 1. The third kappa shape index (κ3) is 6.55. The second kappa shape index (κ2) is 8.35. The van der Waals surface area contributed by atoms with E-state index >= 15 is 0 Å². The maximum Gasteiger partial charge on any atom is 0.267 e. The maximum absolute atomic E-state index is 11.9. The van der Waals surface area contributed by atoms with Crippen LogP contribution >= 0.6 is 0 Å². The molecular formula is C15H30O4S. The van der Waals surface area contributed by atoms with E-state index in [0.717, 1.165) is 25.7 Å². The zero-order valence-electron chi connectivity index (χ0n) is 12.9. The van der Waals surface area contributed by atoms with Crippen LogP contribution in [0.4, 0.5) is 0 Å². The predicted molar refractivity (Wildman–Crippen MR) is 81.1 cm³/mol. The fourth-order valence-corrected chi connectivity index (χ4v) is 4.03. The van der Waals surface area contributed by atoms with Crippen LogP contribution in [0.25, 0.3) is 0 Å². The van der Waals surface area contributed by atoms with E-state index in [1.165, 1.54) is 19.3 Å². The van der Waals surface area contributed by atoms with Gasteiger partial charge in [0.1, 0.15) is 6.10 Å². The first kappa shape index (κ1) is 17.9. The smallest absolute Gasteiger partial charge is 0.267 e. The van der Waals surface area contributed by atoms with E-state index in [0.29, 0.717) is 19.3 Å². The molecule has 0 radical (unpaired) electrons. The average Bonchev–Trinajstić information content (AvgIpc) is 2.36. The van der Waals surface area contributed by atoms with Crippen molar-refractivity contribution in [2.45, 2.75) is 89.8 Å². The topological polar surface area (TPSA) is 63.6 Å². The Morgan fingerprint density at radius 2 is 1.80 bits per heavy atom. The van der Waals surface area contributed by atoms with Gasteiger partial charge in [-0.15, -0.1) is 0 Å². The van der Waals surface area contributed by atoms with Crippen LogP contribution in [-0.2, 0) is 14.3 Å². The summed E-state index contributed by atoms with van der Waals surface area (Å²) < 4.78 is 29.1. The number of hydrogen-bond acceptors (Lipinski definition) is 4. The summed E-state index contributed by atoms with van der Waals surface area (Å²) in [5.74, 6) is 0.0751. The monoisotopic (exact) mass is 306 g/mol. The molecule has 1 rings (SSSR count). The maximum atomic E-state index is 11.9. The molecule has 0 aromatic rings. The Labute approximate surface area is 124 Å². The summed E-state index contributed by atoms with van der Waals surface area (Å²) in [6.45, 7) is 3.84. The Kier molecular flexibility index (Phi) is 7.48. The molecule has 1 aliphatic carbocycles. The van der Waals surface area contributed by atoms with Crippen molar-refractivity contribution in [1.82, 2.24) is 0 Å². The third-order valence-corrected chi connectivity index (χ3v) is 5.42. The van der Waals surface area contributed by atoms with Crippen LogP contribution in [0.15, 0.2) is 0 Å². The molecule has 0 bridgehead atoms. The van der Waals surface area contributed by atoms with E-state index in [9.17, 15) is 13.5 Å². The van der Waals surface area contributed by atoms with Crippen LogP contribution in [0.2, 0.25) is 0 Å². The molecule has 1 aliphatic rings. The van der Waals surface area contributed by atoms with Crippen LogP contribution in [0.1, 0.15) is 78.1 Å². The summed E-state index contributed by atoms with van der Waals surface area (Å²) in [6, 6.07) is 0. The summed E-state index contributed by atoms with van der Waals surface area (Å²) in [7, 11) is -3.50. The van der Waals surface area contributed by atoms with E-state index in [4.69, 9.17) is 4.18 Å². The van der Waals surface area contributed by atoms with Gasteiger partial charge < -0.3 is 5.11 Å². The highest BCUT2D eigenvalue weighted by molar-refractivity contribution is 7.86. The Morgan fingerprint density at radius 1 is 1.15 bits per heavy atom. The summed E-state index contributed by atoms with van der Waals surface area (Å²) in [5, 5.41) is 10.2. The Morgan fingerprint density at radius 3 is 2.45 bits per heavy atom. The second-order valence-corrected chi connectivity index (χ2v) is 7.93. The molecule has 2 unspecified atom stereocenters. The molecule has 1 fully saturated rings. The first-order valence-corrected chi connectivity index (χ1v) is 9.58. The third-order valence-electron chi connectivity index (χ3n) is 4.10. The Hall–Kier alpha value is -0.130. The summed E-state index contributed by atoms with van der Waals surface area (Å²) >= 11 is 0. The SMILES string of the molecule is CCCCCCCCS(=O)(=O)OC1CCCCC1(C)O. The quantitative estimate of drug-likeness (QED) is 0.524. The van der Waals surface area contributed by atoms with E-state index in [-0.39, 0.29) is 5.75 Å². The molecular weight excluding hydrogens is 276 g/mol. The summed E-state index contributed by atoms with van der Waals surface area (Å²) in [6.07, 6.45) is 8.79. The van der Waals surface area contributed by atoms with Gasteiger partial charge in [-0.25, -0.2) is 0 Å². The number of unbranched alkanes of at least 4 members (excludes halogenated alkanes) is 5. The summed E-state index contributed by atoms with van der Waals surface area (Å²) in [4.78, 5) is 0. The zero-order valence-corrected chi connectivity index (χ0v) is 13.8. The van der Waals surface area contributed by atoms with Gasteiger partial charge in [-0.1, -0.05) is 51.9 Å². The van der Waals surface area contributed by atoms with Crippen molar-refractivity contribution in [3.05, 3.63) is 0 Å².